The number of rotatable bonds is 6. The van der Waals surface area contributed by atoms with Crippen molar-refractivity contribution < 1.29 is 22.8 Å². The van der Waals surface area contributed by atoms with Gasteiger partial charge in [-0.1, -0.05) is 35.4 Å². The normalized spacial score (nSPS) is 11.5. The van der Waals surface area contributed by atoms with E-state index in [0.717, 1.165) is 28.8 Å². The number of para-hydroxylation sites is 1. The Morgan fingerprint density at radius 2 is 1.47 bits per heavy atom. The van der Waals surface area contributed by atoms with Crippen LogP contribution < -0.4 is 10.6 Å². The highest BCUT2D eigenvalue weighted by atomic mass is 35.5. The molecule has 0 atom stereocenters. The lowest BCUT2D eigenvalue weighted by atomic mass is 10.1. The van der Waals surface area contributed by atoms with E-state index in [0.29, 0.717) is 5.69 Å². The lowest BCUT2D eigenvalue weighted by Crippen LogP contribution is -2.36. The summed E-state index contributed by atoms with van der Waals surface area (Å²) in [5.74, 6) is -1.05. The number of amides is 2. The largest absolute Gasteiger partial charge is 0.418 e. The molecule has 0 saturated carbocycles. The second kappa shape index (κ2) is 9.49. The van der Waals surface area contributed by atoms with Crippen molar-refractivity contribution in [3.8, 4) is 0 Å². The first-order chi connectivity index (χ1) is 13.9. The SMILES string of the molecule is Cc1cc(C)c(NC(=O)CN(C)CC(=O)Nc2c(Cl)cccc2C(F)(F)F)c(C)c1. The van der Waals surface area contributed by atoms with E-state index in [2.05, 4.69) is 10.6 Å². The quantitative estimate of drug-likeness (QED) is 0.677. The number of nitrogens with zero attached hydrogens (tertiary/aromatic N) is 1. The fraction of sp³-hybridized carbons (Fsp3) is 0.333. The van der Waals surface area contributed by atoms with Crippen LogP contribution >= 0.6 is 11.6 Å². The summed E-state index contributed by atoms with van der Waals surface area (Å²) in [5, 5.41) is 4.80. The topological polar surface area (TPSA) is 61.4 Å². The van der Waals surface area contributed by atoms with Crippen LogP contribution in [0, 0.1) is 20.8 Å². The number of hydrogen-bond donors (Lipinski definition) is 2. The van der Waals surface area contributed by atoms with E-state index in [1.165, 1.54) is 18.0 Å². The molecular weight excluding hydrogens is 419 g/mol. The van der Waals surface area contributed by atoms with Crippen molar-refractivity contribution >= 4 is 34.8 Å². The van der Waals surface area contributed by atoms with E-state index in [1.54, 1.807) is 0 Å². The maximum absolute atomic E-state index is 13.1. The molecule has 0 aromatic heterocycles. The molecule has 0 fully saturated rings. The van der Waals surface area contributed by atoms with Crippen molar-refractivity contribution in [3.63, 3.8) is 0 Å². The molecule has 2 N–H and O–H groups in total. The fourth-order valence-corrected chi connectivity index (χ4v) is 3.39. The maximum Gasteiger partial charge on any atom is 0.418 e. The molecule has 162 valence electrons. The molecule has 0 radical (unpaired) electrons. The summed E-state index contributed by atoms with van der Waals surface area (Å²) < 4.78 is 39.4. The third-order valence-corrected chi connectivity index (χ3v) is 4.67. The zero-order chi connectivity index (χ0) is 22.6. The van der Waals surface area contributed by atoms with Gasteiger partial charge in [0.25, 0.3) is 0 Å². The number of aryl methyl sites for hydroxylation is 3. The van der Waals surface area contributed by atoms with E-state index < -0.39 is 23.3 Å². The predicted molar refractivity (Wildman–Crippen MR) is 112 cm³/mol. The third-order valence-electron chi connectivity index (χ3n) is 4.35. The van der Waals surface area contributed by atoms with Crippen molar-refractivity contribution in [2.24, 2.45) is 0 Å². The molecule has 0 saturated heterocycles. The molecule has 2 amide bonds. The first kappa shape index (κ1) is 23.7. The van der Waals surface area contributed by atoms with Gasteiger partial charge in [0.05, 0.1) is 29.4 Å². The van der Waals surface area contributed by atoms with Crippen LogP contribution in [0.25, 0.3) is 0 Å². The monoisotopic (exact) mass is 441 g/mol. The van der Waals surface area contributed by atoms with Crippen LogP contribution in [0.15, 0.2) is 30.3 Å². The van der Waals surface area contributed by atoms with Crippen molar-refractivity contribution in [2.75, 3.05) is 30.8 Å². The highest BCUT2D eigenvalue weighted by Crippen LogP contribution is 2.38. The first-order valence-electron chi connectivity index (χ1n) is 9.10. The van der Waals surface area contributed by atoms with Gasteiger partial charge in [0, 0.05) is 5.69 Å². The molecule has 0 spiro atoms. The van der Waals surface area contributed by atoms with E-state index in [4.69, 9.17) is 11.6 Å². The Bertz CT molecular complexity index is 938. The summed E-state index contributed by atoms with van der Waals surface area (Å²) in [4.78, 5) is 26.0. The minimum atomic E-state index is -4.66. The molecule has 0 unspecified atom stereocenters. The van der Waals surface area contributed by atoms with E-state index in [9.17, 15) is 22.8 Å². The molecule has 2 aromatic rings. The van der Waals surface area contributed by atoms with Gasteiger partial charge in [-0.15, -0.1) is 0 Å². The van der Waals surface area contributed by atoms with E-state index in [1.807, 2.05) is 32.9 Å². The van der Waals surface area contributed by atoms with E-state index in [-0.39, 0.29) is 24.0 Å². The van der Waals surface area contributed by atoms with Crippen molar-refractivity contribution in [1.82, 2.24) is 4.90 Å². The van der Waals surface area contributed by atoms with Crippen molar-refractivity contribution in [2.45, 2.75) is 26.9 Å². The number of likely N-dealkylation sites (N-methyl/N-ethyl adjacent to an activating group) is 1. The van der Waals surface area contributed by atoms with Gasteiger partial charge in [-0.3, -0.25) is 14.5 Å². The summed E-state index contributed by atoms with van der Waals surface area (Å²) in [6.07, 6.45) is -4.66. The van der Waals surface area contributed by atoms with Gasteiger partial charge in [0.2, 0.25) is 11.8 Å². The molecule has 0 heterocycles. The van der Waals surface area contributed by atoms with Gasteiger partial charge in [-0.2, -0.15) is 13.2 Å². The zero-order valence-electron chi connectivity index (χ0n) is 17.1. The molecule has 0 aliphatic heterocycles. The molecule has 0 bridgehead atoms. The number of carbonyl (C=O) groups excluding carboxylic acids is 2. The van der Waals surface area contributed by atoms with Crippen molar-refractivity contribution in [3.05, 3.63) is 57.6 Å². The Morgan fingerprint density at radius 3 is 1.97 bits per heavy atom. The lowest BCUT2D eigenvalue weighted by Gasteiger charge is -2.19. The van der Waals surface area contributed by atoms with Gasteiger partial charge in [-0.25, -0.2) is 0 Å². The average Bonchev–Trinajstić information content (AvgIpc) is 2.58. The lowest BCUT2D eigenvalue weighted by molar-refractivity contribution is -0.137. The second-order valence-corrected chi connectivity index (χ2v) is 7.61. The van der Waals surface area contributed by atoms with Crippen LogP contribution in [0.2, 0.25) is 5.02 Å². The number of halogens is 4. The standard InChI is InChI=1S/C21H23ClF3N3O2/c1-12-8-13(2)19(14(3)9-12)26-17(29)10-28(4)11-18(30)27-20-15(21(23,24)25)6-5-7-16(20)22/h5-9H,10-11H2,1-4H3,(H,26,29)(H,27,30). The van der Waals surface area contributed by atoms with Crippen molar-refractivity contribution in [1.29, 1.82) is 0 Å². The molecule has 2 rings (SSSR count). The number of nitrogens with one attached hydrogen (secondary N) is 2. The minimum absolute atomic E-state index is 0.116. The Hall–Kier alpha value is -2.58. The summed E-state index contributed by atoms with van der Waals surface area (Å²) in [6.45, 7) is 5.32. The van der Waals surface area contributed by atoms with Crippen LogP contribution in [0.1, 0.15) is 22.3 Å². The molecule has 9 heteroatoms. The molecule has 0 aliphatic rings. The number of benzene rings is 2. The van der Waals surface area contributed by atoms with Crippen LogP contribution in [0.5, 0.6) is 0 Å². The Labute approximate surface area is 178 Å². The Kier molecular flexibility index (Phi) is 7.49. The van der Waals surface area contributed by atoms with Gasteiger partial charge >= 0.3 is 6.18 Å². The second-order valence-electron chi connectivity index (χ2n) is 7.20. The molecule has 5 nitrogen and oxygen atoms in total. The number of carbonyl (C=O) groups is 2. The minimum Gasteiger partial charge on any atom is -0.324 e. The highest BCUT2D eigenvalue weighted by molar-refractivity contribution is 6.34. The number of anilines is 2. The summed E-state index contributed by atoms with van der Waals surface area (Å²) in [5.41, 5.74) is 2.08. The smallest absolute Gasteiger partial charge is 0.324 e. The summed E-state index contributed by atoms with van der Waals surface area (Å²) in [6, 6.07) is 7.15. The van der Waals surface area contributed by atoms with Crippen LogP contribution in [-0.4, -0.2) is 36.9 Å². The zero-order valence-corrected chi connectivity index (χ0v) is 17.8. The Balaban J connectivity index is 2.00. The molecule has 2 aromatic carbocycles. The third kappa shape index (κ3) is 6.21. The molecular formula is C21H23ClF3N3O2. The highest BCUT2D eigenvalue weighted by Gasteiger charge is 2.34. The number of alkyl halides is 3. The van der Waals surface area contributed by atoms with Gasteiger partial charge in [-0.05, 0) is 51.1 Å². The Morgan fingerprint density at radius 1 is 0.967 bits per heavy atom. The summed E-state index contributed by atoms with van der Waals surface area (Å²) >= 11 is 5.84. The molecule has 30 heavy (non-hydrogen) atoms. The maximum atomic E-state index is 13.1. The van der Waals surface area contributed by atoms with Crippen LogP contribution in [0.4, 0.5) is 24.5 Å². The van der Waals surface area contributed by atoms with Gasteiger partial charge < -0.3 is 10.6 Å². The van der Waals surface area contributed by atoms with Gasteiger partial charge in [0.15, 0.2) is 0 Å². The average molecular weight is 442 g/mol. The van der Waals surface area contributed by atoms with Crippen LogP contribution in [0.3, 0.4) is 0 Å². The predicted octanol–water partition coefficient (Wildman–Crippen LogP) is 4.79. The molecule has 0 aliphatic carbocycles. The first-order valence-corrected chi connectivity index (χ1v) is 9.48. The van der Waals surface area contributed by atoms with Gasteiger partial charge in [0.1, 0.15) is 0 Å². The summed E-state index contributed by atoms with van der Waals surface area (Å²) in [7, 11) is 1.52. The number of hydrogen-bond acceptors (Lipinski definition) is 3. The van der Waals surface area contributed by atoms with E-state index >= 15 is 0 Å². The van der Waals surface area contributed by atoms with Crippen LogP contribution in [-0.2, 0) is 15.8 Å². The fourth-order valence-electron chi connectivity index (χ4n) is 3.17.